The minimum Gasteiger partial charge on any atom is -0.479 e. The van der Waals surface area contributed by atoms with Crippen LogP contribution in [0.25, 0.3) is 22.0 Å². The normalized spacial score (nSPS) is 12.5. The number of carbonyl (C=O) groups is 1. The summed E-state index contributed by atoms with van der Waals surface area (Å²) >= 11 is 6.27. The van der Waals surface area contributed by atoms with E-state index in [1.165, 1.54) is 5.56 Å². The molecular weight excluding hydrogens is 374 g/mol. The van der Waals surface area contributed by atoms with Crippen LogP contribution < -0.4 is 0 Å². The average molecular weight is 398 g/mol. The van der Waals surface area contributed by atoms with Crippen LogP contribution in [0.4, 0.5) is 0 Å². The van der Waals surface area contributed by atoms with E-state index in [2.05, 4.69) is 24.0 Å². The number of carboxylic acids is 1. The number of hydrogen-bond acceptors (Lipinski definition) is 3. The van der Waals surface area contributed by atoms with Crippen molar-refractivity contribution in [3.8, 4) is 11.1 Å². The van der Waals surface area contributed by atoms with Gasteiger partial charge in [-0.05, 0) is 62.1 Å². The predicted octanol–water partition coefficient (Wildman–Crippen LogP) is 5.98. The van der Waals surface area contributed by atoms with Crippen LogP contribution >= 0.6 is 11.6 Å². The first kappa shape index (κ1) is 20.3. The molecule has 0 aliphatic carbocycles. The molecule has 1 heterocycles. The third-order valence-electron chi connectivity index (χ3n) is 4.72. The SMILES string of the molecule is CCc1ccc(-c2c([C@H](OC(C)C)C(=O)O)c(C)nc3ccc(Cl)cc23)cc1. The van der Waals surface area contributed by atoms with Crippen molar-refractivity contribution in [2.45, 2.75) is 46.3 Å². The summed E-state index contributed by atoms with van der Waals surface area (Å²) in [5.41, 5.74) is 4.92. The molecule has 146 valence electrons. The molecule has 1 atom stereocenters. The summed E-state index contributed by atoms with van der Waals surface area (Å²) in [6.45, 7) is 7.58. The van der Waals surface area contributed by atoms with Gasteiger partial charge in [-0.3, -0.25) is 4.98 Å². The summed E-state index contributed by atoms with van der Waals surface area (Å²) in [6.07, 6.45) is -0.425. The van der Waals surface area contributed by atoms with E-state index >= 15 is 0 Å². The van der Waals surface area contributed by atoms with Gasteiger partial charge in [-0.1, -0.05) is 42.8 Å². The molecule has 0 saturated heterocycles. The molecule has 0 radical (unpaired) electrons. The van der Waals surface area contributed by atoms with Crippen LogP contribution in [0, 0.1) is 6.92 Å². The zero-order valence-corrected chi connectivity index (χ0v) is 17.2. The number of aryl methyl sites for hydroxylation is 2. The number of rotatable bonds is 6. The number of hydrogen-bond donors (Lipinski definition) is 1. The smallest absolute Gasteiger partial charge is 0.337 e. The molecule has 0 bridgehead atoms. The molecule has 3 rings (SSSR count). The number of nitrogens with zero attached hydrogens (tertiary/aromatic N) is 1. The molecule has 1 aromatic heterocycles. The molecule has 0 amide bonds. The Labute approximate surface area is 170 Å². The maximum Gasteiger partial charge on any atom is 0.337 e. The van der Waals surface area contributed by atoms with Gasteiger partial charge in [0.05, 0.1) is 11.6 Å². The molecule has 2 aromatic carbocycles. The van der Waals surface area contributed by atoms with Gasteiger partial charge < -0.3 is 9.84 Å². The molecule has 0 spiro atoms. The van der Waals surface area contributed by atoms with Gasteiger partial charge in [-0.15, -0.1) is 0 Å². The van der Waals surface area contributed by atoms with Crippen LogP contribution in [0.3, 0.4) is 0 Å². The fourth-order valence-corrected chi connectivity index (χ4v) is 3.61. The van der Waals surface area contributed by atoms with E-state index in [1.54, 1.807) is 6.07 Å². The molecule has 3 aromatic rings. The summed E-state index contributed by atoms with van der Waals surface area (Å²) in [5, 5.41) is 11.3. The van der Waals surface area contributed by atoms with Gasteiger partial charge in [0, 0.05) is 21.7 Å². The molecule has 28 heavy (non-hydrogen) atoms. The van der Waals surface area contributed by atoms with Gasteiger partial charge in [0.15, 0.2) is 6.10 Å². The second kappa shape index (κ2) is 8.29. The van der Waals surface area contributed by atoms with Gasteiger partial charge in [-0.2, -0.15) is 0 Å². The number of aliphatic carboxylic acids is 1. The minimum atomic E-state index is -1.11. The van der Waals surface area contributed by atoms with Gasteiger partial charge >= 0.3 is 5.97 Å². The Hall–Kier alpha value is -2.43. The van der Waals surface area contributed by atoms with Crippen molar-refractivity contribution < 1.29 is 14.6 Å². The molecule has 0 aliphatic heterocycles. The minimum absolute atomic E-state index is 0.245. The summed E-state index contributed by atoms with van der Waals surface area (Å²) in [6, 6.07) is 13.6. The maximum absolute atomic E-state index is 12.1. The number of aromatic nitrogens is 1. The Bertz CT molecular complexity index is 1010. The highest BCUT2D eigenvalue weighted by Gasteiger charge is 2.29. The van der Waals surface area contributed by atoms with E-state index in [-0.39, 0.29) is 6.10 Å². The molecule has 0 fully saturated rings. The van der Waals surface area contributed by atoms with Crippen LogP contribution in [0.2, 0.25) is 5.02 Å². The van der Waals surface area contributed by atoms with Crippen molar-refractivity contribution in [2.75, 3.05) is 0 Å². The van der Waals surface area contributed by atoms with Crippen LogP contribution in [0.1, 0.15) is 43.7 Å². The number of benzene rings is 2. The van der Waals surface area contributed by atoms with Gasteiger partial charge in [0.2, 0.25) is 0 Å². The number of fused-ring (bicyclic) bond motifs is 1. The first-order valence-electron chi connectivity index (χ1n) is 9.39. The molecule has 5 heteroatoms. The molecule has 0 aliphatic rings. The van der Waals surface area contributed by atoms with Crippen molar-refractivity contribution in [1.82, 2.24) is 4.98 Å². The number of halogens is 1. The predicted molar refractivity (Wildman–Crippen MR) is 113 cm³/mol. The summed E-state index contributed by atoms with van der Waals surface area (Å²) in [5.74, 6) is -1.04. The zero-order chi connectivity index (χ0) is 20.4. The van der Waals surface area contributed by atoms with E-state index in [0.717, 1.165) is 28.5 Å². The maximum atomic E-state index is 12.1. The topological polar surface area (TPSA) is 59.4 Å². The fraction of sp³-hybridized carbons (Fsp3) is 0.304. The van der Waals surface area contributed by atoms with Crippen molar-refractivity contribution >= 4 is 28.5 Å². The van der Waals surface area contributed by atoms with E-state index in [1.807, 2.05) is 45.0 Å². The van der Waals surface area contributed by atoms with E-state index < -0.39 is 12.1 Å². The summed E-state index contributed by atoms with van der Waals surface area (Å²) in [4.78, 5) is 16.7. The lowest BCUT2D eigenvalue weighted by atomic mass is 9.90. The second-order valence-corrected chi connectivity index (χ2v) is 7.54. The third kappa shape index (κ3) is 4.03. The lowest BCUT2D eigenvalue weighted by molar-refractivity contribution is -0.153. The van der Waals surface area contributed by atoms with Crippen molar-refractivity contribution in [3.63, 3.8) is 0 Å². The second-order valence-electron chi connectivity index (χ2n) is 7.10. The largest absolute Gasteiger partial charge is 0.479 e. The zero-order valence-electron chi connectivity index (χ0n) is 16.5. The first-order chi connectivity index (χ1) is 13.3. The Morgan fingerprint density at radius 2 is 1.86 bits per heavy atom. The average Bonchev–Trinajstić information content (AvgIpc) is 2.65. The Balaban J connectivity index is 2.38. The van der Waals surface area contributed by atoms with Crippen LogP contribution in [-0.4, -0.2) is 22.2 Å². The highest BCUT2D eigenvalue weighted by Crippen LogP contribution is 2.39. The summed E-state index contributed by atoms with van der Waals surface area (Å²) in [7, 11) is 0. The molecule has 0 unspecified atom stereocenters. The van der Waals surface area contributed by atoms with Gasteiger partial charge in [-0.25, -0.2) is 4.79 Å². The monoisotopic (exact) mass is 397 g/mol. The Morgan fingerprint density at radius 3 is 2.43 bits per heavy atom. The lowest BCUT2D eigenvalue weighted by Crippen LogP contribution is -2.21. The highest BCUT2D eigenvalue weighted by molar-refractivity contribution is 6.31. The number of ether oxygens (including phenoxy) is 1. The molecular formula is C23H24ClNO3. The third-order valence-corrected chi connectivity index (χ3v) is 4.96. The van der Waals surface area contributed by atoms with E-state index in [0.29, 0.717) is 16.3 Å². The van der Waals surface area contributed by atoms with E-state index in [9.17, 15) is 9.90 Å². The highest BCUT2D eigenvalue weighted by atomic mass is 35.5. The summed E-state index contributed by atoms with van der Waals surface area (Å²) < 4.78 is 5.79. The molecule has 0 saturated carbocycles. The Kier molecular flexibility index (Phi) is 6.01. The first-order valence-corrected chi connectivity index (χ1v) is 9.77. The quantitative estimate of drug-likeness (QED) is 0.556. The van der Waals surface area contributed by atoms with Gasteiger partial charge in [0.1, 0.15) is 0 Å². The van der Waals surface area contributed by atoms with Gasteiger partial charge in [0.25, 0.3) is 0 Å². The van der Waals surface area contributed by atoms with Crippen LogP contribution in [-0.2, 0) is 16.0 Å². The number of carboxylic acid groups (broad SMARTS) is 1. The van der Waals surface area contributed by atoms with Crippen molar-refractivity contribution in [1.29, 1.82) is 0 Å². The molecule has 4 nitrogen and oxygen atoms in total. The van der Waals surface area contributed by atoms with Crippen molar-refractivity contribution in [2.24, 2.45) is 0 Å². The standard InChI is InChI=1S/C23H24ClNO3/c1-5-15-6-8-16(9-7-15)21-18-12-17(24)10-11-19(18)25-14(4)20(21)22(23(26)27)28-13(2)3/h6-13,22H,5H2,1-4H3,(H,26,27)/t22-/m0/s1. The van der Waals surface area contributed by atoms with E-state index in [4.69, 9.17) is 16.3 Å². The Morgan fingerprint density at radius 1 is 1.18 bits per heavy atom. The van der Waals surface area contributed by atoms with Crippen LogP contribution in [0.15, 0.2) is 42.5 Å². The number of pyridine rings is 1. The fourth-order valence-electron chi connectivity index (χ4n) is 3.43. The van der Waals surface area contributed by atoms with Crippen molar-refractivity contribution in [3.05, 3.63) is 64.3 Å². The van der Waals surface area contributed by atoms with Crippen LogP contribution in [0.5, 0.6) is 0 Å². The molecule has 1 N–H and O–H groups in total. The lowest BCUT2D eigenvalue weighted by Gasteiger charge is -2.23.